The minimum Gasteiger partial charge on any atom is -0.496 e. The van der Waals surface area contributed by atoms with Crippen LogP contribution in [0.1, 0.15) is 17.2 Å². The number of aliphatic hydroxyl groups is 1. The molecule has 0 aliphatic heterocycles. The number of para-hydroxylation sites is 1. The molecule has 5 nitrogen and oxygen atoms in total. The standard InChI is InChI=1S/C15H20N2O3/c1-12-9-16-15(20-12)11-17(7-8-18)10-13-5-3-4-6-14(13)19-2/h3-6,9,18H,7-8,10-11H2,1-2H3. The van der Waals surface area contributed by atoms with Crippen LogP contribution in [0, 0.1) is 6.92 Å². The highest BCUT2D eigenvalue weighted by Crippen LogP contribution is 2.20. The first-order chi connectivity index (χ1) is 9.72. The van der Waals surface area contributed by atoms with Crippen molar-refractivity contribution in [3.63, 3.8) is 0 Å². The van der Waals surface area contributed by atoms with Gasteiger partial charge in [-0.1, -0.05) is 18.2 Å². The van der Waals surface area contributed by atoms with E-state index in [9.17, 15) is 5.11 Å². The molecule has 0 spiro atoms. The Hall–Kier alpha value is -1.85. The molecule has 20 heavy (non-hydrogen) atoms. The maximum Gasteiger partial charge on any atom is 0.208 e. The van der Waals surface area contributed by atoms with Crippen molar-refractivity contribution in [1.82, 2.24) is 9.88 Å². The number of aromatic nitrogens is 1. The summed E-state index contributed by atoms with van der Waals surface area (Å²) in [5.41, 5.74) is 1.08. The van der Waals surface area contributed by atoms with Gasteiger partial charge in [0.2, 0.25) is 5.89 Å². The number of ether oxygens (including phenoxy) is 1. The molecular formula is C15H20N2O3. The summed E-state index contributed by atoms with van der Waals surface area (Å²) in [6.45, 7) is 3.75. The Balaban J connectivity index is 2.08. The Morgan fingerprint density at radius 1 is 1.30 bits per heavy atom. The van der Waals surface area contributed by atoms with E-state index in [1.807, 2.05) is 31.2 Å². The van der Waals surface area contributed by atoms with E-state index in [4.69, 9.17) is 9.15 Å². The van der Waals surface area contributed by atoms with E-state index in [2.05, 4.69) is 9.88 Å². The van der Waals surface area contributed by atoms with Crippen LogP contribution < -0.4 is 4.74 Å². The van der Waals surface area contributed by atoms with Gasteiger partial charge in [0.05, 0.1) is 26.5 Å². The van der Waals surface area contributed by atoms with Gasteiger partial charge in [-0.05, 0) is 13.0 Å². The van der Waals surface area contributed by atoms with Crippen molar-refractivity contribution >= 4 is 0 Å². The van der Waals surface area contributed by atoms with Gasteiger partial charge in [0, 0.05) is 18.7 Å². The second-order valence-corrected chi connectivity index (χ2v) is 4.61. The molecule has 0 radical (unpaired) electrons. The molecule has 1 N–H and O–H groups in total. The number of aliphatic hydroxyl groups excluding tert-OH is 1. The molecule has 0 saturated carbocycles. The summed E-state index contributed by atoms with van der Waals surface area (Å²) in [5, 5.41) is 9.20. The molecule has 2 rings (SSSR count). The highest BCUT2D eigenvalue weighted by molar-refractivity contribution is 5.33. The average molecular weight is 276 g/mol. The van der Waals surface area contributed by atoms with Gasteiger partial charge in [-0.2, -0.15) is 0 Å². The molecule has 1 aromatic heterocycles. The molecule has 2 aromatic rings. The maximum atomic E-state index is 9.20. The molecule has 108 valence electrons. The molecular weight excluding hydrogens is 256 g/mol. The second kappa shape index (κ2) is 7.07. The third kappa shape index (κ3) is 3.82. The summed E-state index contributed by atoms with van der Waals surface area (Å²) in [4.78, 5) is 6.27. The fourth-order valence-electron chi connectivity index (χ4n) is 2.10. The Labute approximate surface area is 118 Å². The zero-order valence-corrected chi connectivity index (χ0v) is 11.9. The van der Waals surface area contributed by atoms with Crippen LogP contribution in [0.25, 0.3) is 0 Å². The Bertz CT molecular complexity index is 539. The van der Waals surface area contributed by atoms with Crippen molar-refractivity contribution < 1.29 is 14.3 Å². The lowest BCUT2D eigenvalue weighted by Crippen LogP contribution is -2.26. The minimum absolute atomic E-state index is 0.0921. The molecule has 0 atom stereocenters. The Morgan fingerprint density at radius 3 is 2.75 bits per heavy atom. The monoisotopic (exact) mass is 276 g/mol. The largest absolute Gasteiger partial charge is 0.496 e. The highest BCUT2D eigenvalue weighted by Gasteiger charge is 2.12. The smallest absolute Gasteiger partial charge is 0.208 e. The molecule has 0 saturated heterocycles. The average Bonchev–Trinajstić information content (AvgIpc) is 2.85. The van der Waals surface area contributed by atoms with E-state index < -0.39 is 0 Å². The predicted octanol–water partition coefficient (Wildman–Crippen LogP) is 1.99. The number of rotatable bonds is 7. The Morgan fingerprint density at radius 2 is 2.10 bits per heavy atom. The normalized spacial score (nSPS) is 11.0. The summed E-state index contributed by atoms with van der Waals surface area (Å²) < 4.78 is 10.8. The zero-order chi connectivity index (χ0) is 14.4. The first-order valence-corrected chi connectivity index (χ1v) is 6.59. The number of benzene rings is 1. The SMILES string of the molecule is COc1ccccc1CN(CCO)Cc1ncc(C)o1. The molecule has 0 fully saturated rings. The number of oxazole rings is 1. The summed E-state index contributed by atoms with van der Waals surface area (Å²) in [6.07, 6.45) is 1.70. The van der Waals surface area contributed by atoms with E-state index in [1.165, 1.54) is 0 Å². The van der Waals surface area contributed by atoms with Crippen LogP contribution in [0.15, 0.2) is 34.9 Å². The minimum atomic E-state index is 0.0921. The fourth-order valence-corrected chi connectivity index (χ4v) is 2.10. The molecule has 5 heteroatoms. The lowest BCUT2D eigenvalue weighted by atomic mass is 10.2. The summed E-state index contributed by atoms with van der Waals surface area (Å²) in [6, 6.07) is 7.87. The molecule has 0 bridgehead atoms. The molecule has 0 unspecified atom stereocenters. The first kappa shape index (κ1) is 14.6. The van der Waals surface area contributed by atoms with Crippen LogP contribution in [-0.2, 0) is 13.1 Å². The predicted molar refractivity (Wildman–Crippen MR) is 75.4 cm³/mol. The lowest BCUT2D eigenvalue weighted by Gasteiger charge is -2.20. The van der Waals surface area contributed by atoms with E-state index >= 15 is 0 Å². The molecule has 0 amide bonds. The second-order valence-electron chi connectivity index (χ2n) is 4.61. The van der Waals surface area contributed by atoms with E-state index in [0.29, 0.717) is 25.5 Å². The van der Waals surface area contributed by atoms with E-state index in [-0.39, 0.29) is 6.61 Å². The maximum absolute atomic E-state index is 9.20. The van der Waals surface area contributed by atoms with Crippen molar-refractivity contribution in [2.45, 2.75) is 20.0 Å². The van der Waals surface area contributed by atoms with E-state index in [0.717, 1.165) is 17.1 Å². The van der Waals surface area contributed by atoms with Gasteiger partial charge in [-0.25, -0.2) is 4.98 Å². The third-order valence-corrected chi connectivity index (χ3v) is 3.03. The highest BCUT2D eigenvalue weighted by atomic mass is 16.5. The van der Waals surface area contributed by atoms with Gasteiger partial charge < -0.3 is 14.3 Å². The van der Waals surface area contributed by atoms with Gasteiger partial charge >= 0.3 is 0 Å². The summed E-state index contributed by atoms with van der Waals surface area (Å²) >= 11 is 0. The molecule has 1 aromatic carbocycles. The van der Waals surface area contributed by atoms with Crippen molar-refractivity contribution in [3.8, 4) is 5.75 Å². The Kier molecular flexibility index (Phi) is 5.15. The van der Waals surface area contributed by atoms with Crippen LogP contribution >= 0.6 is 0 Å². The molecule has 0 aliphatic rings. The van der Waals surface area contributed by atoms with Crippen LogP contribution in [0.2, 0.25) is 0 Å². The number of hydrogen-bond acceptors (Lipinski definition) is 5. The third-order valence-electron chi connectivity index (χ3n) is 3.03. The van der Waals surface area contributed by atoms with Crippen molar-refractivity contribution in [1.29, 1.82) is 0 Å². The summed E-state index contributed by atoms with van der Waals surface area (Å²) in [5.74, 6) is 2.30. The van der Waals surface area contributed by atoms with Crippen molar-refractivity contribution in [2.75, 3.05) is 20.3 Å². The number of aryl methyl sites for hydroxylation is 1. The van der Waals surface area contributed by atoms with Crippen molar-refractivity contribution in [2.24, 2.45) is 0 Å². The lowest BCUT2D eigenvalue weighted by molar-refractivity contribution is 0.170. The summed E-state index contributed by atoms with van der Waals surface area (Å²) in [7, 11) is 1.66. The number of hydrogen-bond donors (Lipinski definition) is 1. The van der Waals surface area contributed by atoms with Gasteiger partial charge in [0.15, 0.2) is 0 Å². The van der Waals surface area contributed by atoms with Gasteiger partial charge in [0.1, 0.15) is 11.5 Å². The van der Waals surface area contributed by atoms with Gasteiger partial charge in [-0.3, -0.25) is 4.90 Å². The number of nitrogens with zero attached hydrogens (tertiary/aromatic N) is 2. The zero-order valence-electron chi connectivity index (χ0n) is 11.9. The van der Waals surface area contributed by atoms with Crippen LogP contribution in [0.4, 0.5) is 0 Å². The van der Waals surface area contributed by atoms with Crippen molar-refractivity contribution in [3.05, 3.63) is 47.7 Å². The van der Waals surface area contributed by atoms with Crippen LogP contribution in [-0.4, -0.2) is 35.3 Å². The topological polar surface area (TPSA) is 58.7 Å². The molecule has 1 heterocycles. The van der Waals surface area contributed by atoms with E-state index in [1.54, 1.807) is 13.3 Å². The van der Waals surface area contributed by atoms with Crippen LogP contribution in [0.3, 0.4) is 0 Å². The quantitative estimate of drug-likeness (QED) is 0.838. The van der Waals surface area contributed by atoms with Gasteiger partial charge in [0.25, 0.3) is 0 Å². The molecule has 0 aliphatic carbocycles. The van der Waals surface area contributed by atoms with Gasteiger partial charge in [-0.15, -0.1) is 0 Å². The first-order valence-electron chi connectivity index (χ1n) is 6.59. The van der Waals surface area contributed by atoms with Crippen LogP contribution in [0.5, 0.6) is 5.75 Å². The number of methoxy groups -OCH3 is 1. The fraction of sp³-hybridized carbons (Fsp3) is 0.400.